The number of nitrogens with one attached hydrogen (secondary N) is 2. The highest BCUT2D eigenvalue weighted by Crippen LogP contribution is 2.45. The number of ether oxygens (including phenoxy) is 1. The van der Waals surface area contributed by atoms with Crippen LogP contribution in [0.4, 0.5) is 18.9 Å². The molecule has 9 heteroatoms. The Morgan fingerprint density at radius 3 is 2.89 bits per heavy atom. The van der Waals surface area contributed by atoms with Crippen LogP contribution in [-0.4, -0.2) is 42.3 Å². The van der Waals surface area contributed by atoms with Gasteiger partial charge in [-0.05, 0) is 47.2 Å². The number of aryl methyl sites for hydroxylation is 1. The van der Waals surface area contributed by atoms with Crippen LogP contribution < -0.4 is 20.5 Å². The van der Waals surface area contributed by atoms with Crippen molar-refractivity contribution >= 4 is 27.4 Å². The van der Waals surface area contributed by atoms with Crippen LogP contribution in [0.2, 0.25) is 0 Å². The molecule has 6 nitrogen and oxygen atoms in total. The molecule has 2 aromatic carbocycles. The summed E-state index contributed by atoms with van der Waals surface area (Å²) < 4.78 is 48.6. The van der Waals surface area contributed by atoms with Gasteiger partial charge in [-0.1, -0.05) is 13.0 Å². The van der Waals surface area contributed by atoms with E-state index >= 15 is 0 Å². The fourth-order valence-electron chi connectivity index (χ4n) is 5.37. The summed E-state index contributed by atoms with van der Waals surface area (Å²) in [6.07, 6.45) is -1.05. The standard InChI is InChI=1S/C26H23F3N4O2/c1-2-14-9-18-20(32-12-21-24(18)33-8-7-30-11-16(33)13-35-21)10-17(14)23-19(26(27,28)29)4-3-15-5-6-31-25(34)22(15)23/h3-6,9-10,12,16,30H,2,7-8,11,13H2,1H3,(H,31,34)/t16-/m1/s1. The number of rotatable bonds is 2. The summed E-state index contributed by atoms with van der Waals surface area (Å²) in [6, 6.07) is 7.81. The van der Waals surface area contributed by atoms with Crippen LogP contribution in [0.15, 0.2) is 47.5 Å². The largest absolute Gasteiger partial charge is 0.488 e. The number of piperazine rings is 1. The van der Waals surface area contributed by atoms with Crippen LogP contribution in [0.3, 0.4) is 0 Å². The first-order valence-corrected chi connectivity index (χ1v) is 11.6. The van der Waals surface area contributed by atoms with Crippen molar-refractivity contribution in [1.82, 2.24) is 15.3 Å². The Morgan fingerprint density at radius 1 is 1.23 bits per heavy atom. The molecule has 0 saturated carbocycles. The molecule has 180 valence electrons. The van der Waals surface area contributed by atoms with Crippen molar-refractivity contribution in [2.45, 2.75) is 25.6 Å². The summed E-state index contributed by atoms with van der Waals surface area (Å²) in [5.74, 6) is 0.683. The van der Waals surface area contributed by atoms with Gasteiger partial charge >= 0.3 is 6.18 Å². The molecule has 35 heavy (non-hydrogen) atoms. The average molecular weight is 480 g/mol. The Hall–Kier alpha value is -3.59. The van der Waals surface area contributed by atoms with E-state index in [1.807, 2.05) is 13.0 Å². The maximum absolute atomic E-state index is 14.2. The first-order chi connectivity index (χ1) is 16.9. The lowest BCUT2D eigenvalue weighted by Crippen LogP contribution is -2.55. The smallest absolute Gasteiger partial charge is 0.417 e. The van der Waals surface area contributed by atoms with E-state index in [0.29, 0.717) is 40.8 Å². The molecule has 0 unspecified atom stereocenters. The molecule has 1 saturated heterocycles. The molecule has 2 aliphatic rings. The van der Waals surface area contributed by atoms with Crippen LogP contribution >= 0.6 is 0 Å². The Balaban J connectivity index is 1.67. The number of hydrogen-bond acceptors (Lipinski definition) is 5. The van der Waals surface area contributed by atoms with Crippen LogP contribution in [-0.2, 0) is 12.6 Å². The van der Waals surface area contributed by atoms with Crippen LogP contribution in [0, 0.1) is 0 Å². The highest BCUT2D eigenvalue weighted by molar-refractivity contribution is 6.03. The zero-order valence-corrected chi connectivity index (χ0v) is 19.0. The third-order valence-corrected chi connectivity index (χ3v) is 7.00. The maximum atomic E-state index is 14.2. The third kappa shape index (κ3) is 3.44. The molecule has 2 N–H and O–H groups in total. The van der Waals surface area contributed by atoms with Crippen molar-refractivity contribution in [3.63, 3.8) is 0 Å². The predicted octanol–water partition coefficient (Wildman–Crippen LogP) is 4.50. The summed E-state index contributed by atoms with van der Waals surface area (Å²) >= 11 is 0. The molecule has 0 radical (unpaired) electrons. The molecule has 4 aromatic rings. The molecule has 1 atom stereocenters. The second-order valence-corrected chi connectivity index (χ2v) is 8.97. The fourth-order valence-corrected chi connectivity index (χ4v) is 5.37. The van der Waals surface area contributed by atoms with Gasteiger partial charge in [-0.15, -0.1) is 0 Å². The van der Waals surface area contributed by atoms with E-state index in [1.54, 1.807) is 18.3 Å². The highest BCUT2D eigenvalue weighted by atomic mass is 19.4. The minimum absolute atomic E-state index is 0.0276. The minimum Gasteiger partial charge on any atom is -0.488 e. The van der Waals surface area contributed by atoms with Crippen LogP contribution in [0.1, 0.15) is 18.1 Å². The Morgan fingerprint density at radius 2 is 2.09 bits per heavy atom. The van der Waals surface area contributed by atoms with E-state index in [-0.39, 0.29) is 17.0 Å². The van der Waals surface area contributed by atoms with E-state index in [9.17, 15) is 18.0 Å². The first kappa shape index (κ1) is 21.9. The molecule has 6 rings (SSSR count). The van der Waals surface area contributed by atoms with Gasteiger partial charge in [-0.2, -0.15) is 13.2 Å². The number of hydrogen-bond donors (Lipinski definition) is 2. The quantitative estimate of drug-likeness (QED) is 0.442. The van der Waals surface area contributed by atoms with E-state index < -0.39 is 17.3 Å². The lowest BCUT2D eigenvalue weighted by Gasteiger charge is -2.42. The lowest BCUT2D eigenvalue weighted by molar-refractivity contribution is -0.137. The Bertz CT molecular complexity index is 1530. The number of H-pyrrole nitrogens is 1. The van der Waals surface area contributed by atoms with Crippen molar-refractivity contribution in [2.24, 2.45) is 0 Å². The number of halogens is 3. The third-order valence-electron chi connectivity index (χ3n) is 7.00. The van der Waals surface area contributed by atoms with Crippen molar-refractivity contribution in [3.8, 4) is 16.9 Å². The van der Waals surface area contributed by atoms with Gasteiger partial charge in [0.1, 0.15) is 6.61 Å². The zero-order valence-electron chi connectivity index (χ0n) is 19.0. The molecule has 4 heterocycles. The summed E-state index contributed by atoms with van der Waals surface area (Å²) in [6.45, 7) is 4.90. The van der Waals surface area contributed by atoms with E-state index in [0.717, 1.165) is 36.8 Å². The van der Waals surface area contributed by atoms with E-state index in [1.165, 1.54) is 12.3 Å². The lowest BCUT2D eigenvalue weighted by atomic mass is 9.88. The minimum atomic E-state index is -4.63. The van der Waals surface area contributed by atoms with Crippen molar-refractivity contribution in [2.75, 3.05) is 31.1 Å². The number of alkyl halides is 3. The predicted molar refractivity (Wildman–Crippen MR) is 129 cm³/mol. The van der Waals surface area contributed by atoms with Crippen molar-refractivity contribution in [3.05, 3.63) is 64.2 Å². The van der Waals surface area contributed by atoms with Gasteiger partial charge in [0, 0.05) is 36.8 Å². The molecule has 0 amide bonds. The van der Waals surface area contributed by atoms with Crippen LogP contribution in [0.5, 0.6) is 5.75 Å². The van der Waals surface area contributed by atoms with Crippen molar-refractivity contribution in [1.29, 1.82) is 0 Å². The van der Waals surface area contributed by atoms with Gasteiger partial charge in [0.15, 0.2) is 5.75 Å². The van der Waals surface area contributed by atoms with Gasteiger partial charge < -0.3 is 19.9 Å². The van der Waals surface area contributed by atoms with Gasteiger partial charge in [-0.3, -0.25) is 9.78 Å². The number of aromatic amines is 1. The highest BCUT2D eigenvalue weighted by Gasteiger charge is 2.36. The SMILES string of the molecule is CCc1cc2c3c(cnc2cc1-c1c(C(F)(F)F)ccc2cc[nH]c(=O)c12)OC[C@H]1CNCCN31. The molecule has 0 spiro atoms. The summed E-state index contributed by atoms with van der Waals surface area (Å²) in [7, 11) is 0. The molecular formula is C26H23F3N4O2. The van der Waals surface area contributed by atoms with Gasteiger partial charge in [0.05, 0.1) is 34.4 Å². The monoisotopic (exact) mass is 480 g/mol. The number of benzene rings is 2. The number of fused-ring (bicyclic) bond motifs is 6. The molecule has 0 aliphatic carbocycles. The molecule has 1 fully saturated rings. The topological polar surface area (TPSA) is 70.2 Å². The maximum Gasteiger partial charge on any atom is 0.417 e. The van der Waals surface area contributed by atoms with Gasteiger partial charge in [-0.25, -0.2) is 0 Å². The number of pyridine rings is 2. The summed E-state index contributed by atoms with van der Waals surface area (Å²) in [5.41, 5.74) is 1.09. The van der Waals surface area contributed by atoms with Crippen LogP contribution in [0.25, 0.3) is 32.8 Å². The fraction of sp³-hybridized carbons (Fsp3) is 0.308. The number of anilines is 1. The second kappa shape index (κ2) is 7.98. The Labute approximate surface area is 198 Å². The van der Waals surface area contributed by atoms with Crippen molar-refractivity contribution < 1.29 is 17.9 Å². The normalized spacial score (nSPS) is 17.8. The molecule has 2 aliphatic heterocycles. The van der Waals surface area contributed by atoms with Gasteiger partial charge in [0.25, 0.3) is 5.56 Å². The Kier molecular flexibility index (Phi) is 5.00. The summed E-state index contributed by atoms with van der Waals surface area (Å²) in [5, 5.41) is 4.71. The van der Waals surface area contributed by atoms with E-state index in [2.05, 4.69) is 20.2 Å². The second-order valence-electron chi connectivity index (χ2n) is 8.97. The summed E-state index contributed by atoms with van der Waals surface area (Å²) in [4.78, 5) is 22.2. The first-order valence-electron chi connectivity index (χ1n) is 11.6. The molecule has 2 aromatic heterocycles. The van der Waals surface area contributed by atoms with Gasteiger partial charge in [0.2, 0.25) is 0 Å². The molecule has 0 bridgehead atoms. The zero-order chi connectivity index (χ0) is 24.3. The molecular weight excluding hydrogens is 457 g/mol. The van der Waals surface area contributed by atoms with E-state index in [4.69, 9.17) is 4.74 Å². The average Bonchev–Trinajstić information content (AvgIpc) is 2.86. The number of nitrogens with zero attached hydrogens (tertiary/aromatic N) is 2. The number of aromatic nitrogens is 2.